The molecule has 1 amide bonds. The first-order valence-corrected chi connectivity index (χ1v) is 7.27. The first-order chi connectivity index (χ1) is 12.5. The molecule has 4 N–H and O–H groups in total. The van der Waals surface area contributed by atoms with Gasteiger partial charge in [0.1, 0.15) is 11.1 Å². The van der Waals surface area contributed by atoms with E-state index >= 15 is 0 Å². The molecule has 0 radical (unpaired) electrons. The third-order valence-electron chi connectivity index (χ3n) is 3.47. The Hall–Kier alpha value is -3.92. The fourth-order valence-corrected chi connectivity index (χ4v) is 2.19. The predicted molar refractivity (Wildman–Crippen MR) is 91.0 cm³/mol. The van der Waals surface area contributed by atoms with Crippen LogP contribution in [0.4, 0.5) is 17.1 Å². The van der Waals surface area contributed by atoms with Crippen molar-refractivity contribution < 1.29 is 14.1 Å². The number of amides is 1. The molecule has 3 aromatic rings. The summed E-state index contributed by atoms with van der Waals surface area (Å²) in [5.41, 5.74) is 2.93. The second kappa shape index (κ2) is 6.91. The Labute approximate surface area is 145 Å². The van der Waals surface area contributed by atoms with E-state index in [4.69, 9.17) is 15.7 Å². The topological polar surface area (TPSA) is 160 Å². The Morgan fingerprint density at radius 1 is 1.12 bits per heavy atom. The van der Waals surface area contributed by atoms with Crippen LogP contribution in [0, 0.1) is 15.5 Å². The first-order valence-electron chi connectivity index (χ1n) is 7.27. The summed E-state index contributed by atoms with van der Waals surface area (Å²) in [6.07, 6.45) is 0. The zero-order valence-electron chi connectivity index (χ0n) is 13.2. The number of carbonyl (C=O) groups is 1. The maximum atomic E-state index is 11.6. The molecule has 0 spiro atoms. The lowest BCUT2D eigenvalue weighted by Crippen LogP contribution is -2.33. The third kappa shape index (κ3) is 3.44. The monoisotopic (exact) mass is 352 g/mol. The number of non-ortho nitro benzene ring substituents is 1. The molecule has 1 aromatic heterocycles. The number of nitro benzene ring substituents is 1. The predicted octanol–water partition coefficient (Wildman–Crippen LogP) is 2.84. The van der Waals surface area contributed by atoms with Gasteiger partial charge in [0, 0.05) is 17.5 Å². The Morgan fingerprint density at radius 2 is 1.77 bits per heavy atom. The maximum Gasteiger partial charge on any atom is 0.270 e. The lowest BCUT2D eigenvalue weighted by molar-refractivity contribution is -0.384. The van der Waals surface area contributed by atoms with Crippen molar-refractivity contribution in [2.45, 2.75) is 0 Å². The van der Waals surface area contributed by atoms with Gasteiger partial charge in [-0.3, -0.25) is 25.7 Å². The van der Waals surface area contributed by atoms with Gasteiger partial charge in [-0.15, -0.1) is 0 Å². The van der Waals surface area contributed by atoms with E-state index in [1.807, 2.05) is 5.43 Å². The van der Waals surface area contributed by atoms with Crippen molar-refractivity contribution >= 4 is 33.9 Å². The van der Waals surface area contributed by atoms with E-state index in [0.717, 1.165) is 0 Å². The number of hydrogen-bond donors (Lipinski definition) is 3. The van der Waals surface area contributed by atoms with Crippen LogP contribution in [-0.4, -0.2) is 10.8 Å². The summed E-state index contributed by atoms with van der Waals surface area (Å²) >= 11 is 0. The number of benzene rings is 2. The highest BCUT2D eigenvalue weighted by molar-refractivity contribution is 5.96. The molecule has 3 rings (SSSR count). The minimum Gasteiger partial charge on any atom is -0.438 e. The lowest BCUT2D eigenvalue weighted by atomic mass is 10.1. The molecule has 0 bridgehead atoms. The van der Waals surface area contributed by atoms with Crippen molar-refractivity contribution in [3.63, 3.8) is 0 Å². The van der Waals surface area contributed by atoms with Crippen LogP contribution in [0.1, 0.15) is 10.4 Å². The van der Waals surface area contributed by atoms with Crippen LogP contribution in [0.25, 0.3) is 11.0 Å². The van der Waals surface area contributed by atoms with Crippen molar-refractivity contribution in [3.05, 3.63) is 69.8 Å². The standard InChI is InChI=1S/C16H12N6O4/c17-15-13(16(23)19-18)8-9-7-11(3-6-14(9)26-15)21-20-10-1-4-12(5-2-10)22(24)25/h1-8,17H,18H2,(H,19,23). The lowest BCUT2D eigenvalue weighted by Gasteiger charge is -2.03. The van der Waals surface area contributed by atoms with Gasteiger partial charge in [0.2, 0.25) is 5.55 Å². The van der Waals surface area contributed by atoms with Crippen LogP contribution in [-0.2, 0) is 0 Å². The van der Waals surface area contributed by atoms with Gasteiger partial charge in [0.15, 0.2) is 0 Å². The number of carbonyl (C=O) groups excluding carboxylic acids is 1. The van der Waals surface area contributed by atoms with Crippen molar-refractivity contribution in [3.8, 4) is 0 Å². The van der Waals surface area contributed by atoms with Gasteiger partial charge in [-0.25, -0.2) is 5.84 Å². The van der Waals surface area contributed by atoms with E-state index in [1.165, 1.54) is 30.3 Å². The summed E-state index contributed by atoms with van der Waals surface area (Å²) in [6.45, 7) is 0. The number of hydrazine groups is 1. The van der Waals surface area contributed by atoms with Crippen molar-refractivity contribution in [2.24, 2.45) is 16.1 Å². The maximum absolute atomic E-state index is 11.6. The van der Waals surface area contributed by atoms with Crippen LogP contribution in [0.15, 0.2) is 63.2 Å². The molecule has 0 fully saturated rings. The molecule has 0 saturated carbocycles. The number of azo groups is 1. The number of nitrogens with two attached hydrogens (primary N) is 1. The van der Waals surface area contributed by atoms with Crippen LogP contribution < -0.4 is 16.8 Å². The Bertz CT molecular complexity index is 1090. The molecule has 10 heteroatoms. The molecule has 0 unspecified atom stereocenters. The van der Waals surface area contributed by atoms with Gasteiger partial charge in [0.05, 0.1) is 16.3 Å². The van der Waals surface area contributed by atoms with Crippen molar-refractivity contribution in [2.75, 3.05) is 0 Å². The second-order valence-electron chi connectivity index (χ2n) is 5.16. The van der Waals surface area contributed by atoms with Crippen LogP contribution in [0.2, 0.25) is 0 Å². The number of nitrogens with zero attached hydrogens (tertiary/aromatic N) is 3. The molecule has 10 nitrogen and oxygen atoms in total. The van der Waals surface area contributed by atoms with E-state index in [0.29, 0.717) is 22.3 Å². The molecule has 0 aliphatic carbocycles. The number of hydrogen-bond acceptors (Lipinski definition) is 8. The summed E-state index contributed by atoms with van der Waals surface area (Å²) in [7, 11) is 0. The molecule has 26 heavy (non-hydrogen) atoms. The largest absolute Gasteiger partial charge is 0.438 e. The highest BCUT2D eigenvalue weighted by Crippen LogP contribution is 2.24. The average Bonchev–Trinajstić information content (AvgIpc) is 2.65. The first kappa shape index (κ1) is 16.9. The van der Waals surface area contributed by atoms with Gasteiger partial charge in [-0.1, -0.05) is 0 Å². The summed E-state index contributed by atoms with van der Waals surface area (Å²) in [4.78, 5) is 21.8. The van der Waals surface area contributed by atoms with E-state index in [9.17, 15) is 14.9 Å². The quantitative estimate of drug-likeness (QED) is 0.216. The molecule has 1 heterocycles. The van der Waals surface area contributed by atoms with Gasteiger partial charge < -0.3 is 4.42 Å². The molecule has 0 aliphatic rings. The minimum atomic E-state index is -0.640. The summed E-state index contributed by atoms with van der Waals surface area (Å²) in [6, 6.07) is 11.9. The van der Waals surface area contributed by atoms with Crippen molar-refractivity contribution in [1.29, 1.82) is 5.41 Å². The molecule has 0 aliphatic heterocycles. The van der Waals surface area contributed by atoms with Gasteiger partial charge in [0.25, 0.3) is 11.6 Å². The number of nitrogen functional groups attached to an aromatic ring is 1. The summed E-state index contributed by atoms with van der Waals surface area (Å²) in [5, 5.41) is 26.9. The number of nitrogens with one attached hydrogen (secondary N) is 2. The Kier molecular flexibility index (Phi) is 4.50. The Morgan fingerprint density at radius 3 is 2.42 bits per heavy atom. The highest BCUT2D eigenvalue weighted by atomic mass is 16.6. The fourth-order valence-electron chi connectivity index (χ4n) is 2.19. The highest BCUT2D eigenvalue weighted by Gasteiger charge is 2.10. The van der Waals surface area contributed by atoms with Crippen LogP contribution in [0.5, 0.6) is 0 Å². The second-order valence-corrected chi connectivity index (χ2v) is 5.16. The summed E-state index contributed by atoms with van der Waals surface area (Å²) in [5.74, 6) is 4.45. The normalized spacial score (nSPS) is 11.0. The van der Waals surface area contributed by atoms with Crippen LogP contribution in [0.3, 0.4) is 0 Å². The molecule has 0 saturated heterocycles. The summed E-state index contributed by atoms with van der Waals surface area (Å²) < 4.78 is 5.28. The SMILES string of the molecule is N=c1oc2ccc(N=Nc3ccc([N+](=O)[O-])cc3)cc2cc1C(=O)NN. The van der Waals surface area contributed by atoms with Crippen molar-refractivity contribution in [1.82, 2.24) is 5.43 Å². The zero-order chi connectivity index (χ0) is 18.7. The fraction of sp³-hybridized carbons (Fsp3) is 0. The third-order valence-corrected chi connectivity index (χ3v) is 3.47. The number of nitro groups is 1. The van der Waals surface area contributed by atoms with Crippen LogP contribution >= 0.6 is 0 Å². The van der Waals surface area contributed by atoms with Gasteiger partial charge >= 0.3 is 0 Å². The molecular formula is C16H12N6O4. The molecule has 0 atom stereocenters. The number of fused-ring (bicyclic) bond motifs is 1. The molecular weight excluding hydrogens is 340 g/mol. The van der Waals surface area contributed by atoms with Gasteiger partial charge in [-0.05, 0) is 36.4 Å². The van der Waals surface area contributed by atoms with E-state index in [-0.39, 0.29) is 16.8 Å². The van der Waals surface area contributed by atoms with Gasteiger partial charge in [-0.2, -0.15) is 10.2 Å². The van der Waals surface area contributed by atoms with E-state index in [1.54, 1.807) is 18.2 Å². The smallest absolute Gasteiger partial charge is 0.270 e. The molecule has 2 aromatic carbocycles. The number of rotatable bonds is 4. The molecule has 130 valence electrons. The Balaban J connectivity index is 1.92. The van der Waals surface area contributed by atoms with E-state index < -0.39 is 10.8 Å². The van der Waals surface area contributed by atoms with E-state index in [2.05, 4.69) is 10.2 Å². The average molecular weight is 352 g/mol. The zero-order valence-corrected chi connectivity index (χ0v) is 13.2. The minimum absolute atomic E-state index is 0.00976.